The van der Waals surface area contributed by atoms with Crippen LogP contribution in [0.4, 0.5) is 4.39 Å². The molecule has 1 atom stereocenters. The summed E-state index contributed by atoms with van der Waals surface area (Å²) in [4.78, 5) is 16.2. The summed E-state index contributed by atoms with van der Waals surface area (Å²) in [6.07, 6.45) is 4.44. The van der Waals surface area contributed by atoms with Crippen LogP contribution < -0.4 is 4.74 Å². The Morgan fingerprint density at radius 3 is 2.70 bits per heavy atom. The van der Waals surface area contributed by atoms with E-state index in [0.717, 1.165) is 0 Å². The van der Waals surface area contributed by atoms with Gasteiger partial charge in [-0.3, -0.25) is 0 Å². The van der Waals surface area contributed by atoms with Crippen molar-refractivity contribution in [3.63, 3.8) is 0 Å². The van der Waals surface area contributed by atoms with Crippen molar-refractivity contribution in [2.45, 2.75) is 19.0 Å². The number of benzene rings is 1. The zero-order valence-corrected chi connectivity index (χ0v) is 15.6. The monoisotopic (exact) mass is 371 g/mol. The molecule has 27 heavy (non-hydrogen) atoms. The second-order valence-electron chi connectivity index (χ2n) is 5.93. The lowest BCUT2D eigenvalue weighted by Crippen LogP contribution is -2.14. The van der Waals surface area contributed by atoms with Crippen LogP contribution in [0.15, 0.2) is 61.5 Å². The fourth-order valence-electron chi connectivity index (χ4n) is 2.52. The molecule has 1 heterocycles. The van der Waals surface area contributed by atoms with Crippen LogP contribution in [0.1, 0.15) is 24.5 Å². The summed E-state index contributed by atoms with van der Waals surface area (Å²) in [6.45, 7) is 5.06. The number of para-hydroxylation sites is 1. The Kier molecular flexibility index (Phi) is 6.71. The Morgan fingerprint density at radius 1 is 1.30 bits per heavy atom. The van der Waals surface area contributed by atoms with Crippen molar-refractivity contribution in [2.75, 3.05) is 14.2 Å². The van der Waals surface area contributed by atoms with E-state index in [1.807, 2.05) is 0 Å². The highest BCUT2D eigenvalue weighted by Crippen LogP contribution is 2.34. The van der Waals surface area contributed by atoms with Crippen LogP contribution in [0.25, 0.3) is 5.57 Å². The van der Waals surface area contributed by atoms with Crippen molar-refractivity contribution < 1.29 is 23.4 Å². The van der Waals surface area contributed by atoms with Gasteiger partial charge in [0, 0.05) is 24.2 Å². The third kappa shape index (κ3) is 4.94. The van der Waals surface area contributed by atoms with Crippen LogP contribution in [0, 0.1) is 0 Å². The number of pyridine rings is 1. The minimum atomic E-state index is -1.59. The number of esters is 1. The summed E-state index contributed by atoms with van der Waals surface area (Å²) >= 11 is 0. The van der Waals surface area contributed by atoms with Crippen LogP contribution in [-0.4, -0.2) is 25.2 Å². The van der Waals surface area contributed by atoms with Crippen molar-refractivity contribution in [1.29, 1.82) is 0 Å². The first kappa shape index (κ1) is 20.2. The first-order valence-electron chi connectivity index (χ1n) is 8.27. The topological polar surface area (TPSA) is 57.7 Å². The van der Waals surface area contributed by atoms with E-state index in [1.54, 1.807) is 30.3 Å². The van der Waals surface area contributed by atoms with Gasteiger partial charge >= 0.3 is 5.97 Å². The number of alkyl halides is 1. The third-order valence-corrected chi connectivity index (χ3v) is 3.90. The second kappa shape index (κ2) is 8.98. The molecule has 0 amide bonds. The molecule has 0 spiro atoms. The Labute approximate surface area is 158 Å². The van der Waals surface area contributed by atoms with Gasteiger partial charge in [-0.2, -0.15) is 0 Å². The number of ether oxygens (including phenoxy) is 3. The molecule has 0 aliphatic heterocycles. The highest BCUT2D eigenvalue weighted by atomic mass is 19.1. The van der Waals surface area contributed by atoms with Crippen molar-refractivity contribution in [2.24, 2.45) is 0 Å². The summed E-state index contributed by atoms with van der Waals surface area (Å²) in [6, 6.07) is 9.99. The molecule has 0 fully saturated rings. The second-order valence-corrected chi connectivity index (χ2v) is 5.93. The standard InChI is InChI=1S/C21H22FNO4/c1-5-11-21(2,22)15-10-12-23-19(13-15)27-18-9-7-6-8-16(18)17(14-25-3)20(24)26-4/h5-10,12-14H,1,11H2,2-4H3/b17-14+. The number of hydrogen-bond acceptors (Lipinski definition) is 5. The molecule has 6 heteroatoms. The van der Waals surface area contributed by atoms with Crippen LogP contribution in [0.5, 0.6) is 11.6 Å². The van der Waals surface area contributed by atoms with Gasteiger partial charge in [-0.1, -0.05) is 24.3 Å². The lowest BCUT2D eigenvalue weighted by atomic mass is 9.95. The molecule has 0 saturated heterocycles. The van der Waals surface area contributed by atoms with Crippen molar-refractivity contribution >= 4 is 11.5 Å². The van der Waals surface area contributed by atoms with E-state index in [9.17, 15) is 9.18 Å². The lowest BCUT2D eigenvalue weighted by molar-refractivity contribution is -0.133. The van der Waals surface area contributed by atoms with Crippen LogP contribution in [0.2, 0.25) is 0 Å². The highest BCUT2D eigenvalue weighted by molar-refractivity contribution is 6.17. The van der Waals surface area contributed by atoms with E-state index < -0.39 is 11.6 Å². The predicted octanol–water partition coefficient (Wildman–Crippen LogP) is 4.80. The summed E-state index contributed by atoms with van der Waals surface area (Å²) in [5.74, 6) is -0.00780. The number of aromatic nitrogens is 1. The summed E-state index contributed by atoms with van der Waals surface area (Å²) in [5.41, 5.74) is -0.512. The number of hydrogen-bond donors (Lipinski definition) is 0. The molecule has 1 aromatic heterocycles. The molecular formula is C21H22FNO4. The zero-order valence-electron chi connectivity index (χ0n) is 15.6. The molecule has 0 aliphatic rings. The molecule has 0 aliphatic carbocycles. The van der Waals surface area contributed by atoms with Gasteiger partial charge in [-0.15, -0.1) is 6.58 Å². The maximum absolute atomic E-state index is 14.8. The molecule has 142 valence electrons. The smallest absolute Gasteiger partial charge is 0.341 e. The molecular weight excluding hydrogens is 349 g/mol. The number of allylic oxidation sites excluding steroid dienone is 1. The van der Waals surface area contributed by atoms with Crippen LogP contribution in [0.3, 0.4) is 0 Å². The van der Waals surface area contributed by atoms with Gasteiger partial charge in [0.15, 0.2) is 0 Å². The summed E-state index contributed by atoms with van der Waals surface area (Å²) < 4.78 is 30.4. The minimum absolute atomic E-state index is 0.163. The molecule has 1 unspecified atom stereocenters. The predicted molar refractivity (Wildman–Crippen MR) is 101 cm³/mol. The molecule has 2 aromatic rings. The van der Waals surface area contributed by atoms with E-state index in [-0.39, 0.29) is 17.9 Å². The number of halogens is 1. The van der Waals surface area contributed by atoms with Crippen molar-refractivity contribution in [3.8, 4) is 11.6 Å². The van der Waals surface area contributed by atoms with Gasteiger partial charge in [0.2, 0.25) is 5.88 Å². The van der Waals surface area contributed by atoms with E-state index in [2.05, 4.69) is 11.6 Å². The van der Waals surface area contributed by atoms with Gasteiger partial charge in [0.25, 0.3) is 0 Å². The van der Waals surface area contributed by atoms with Gasteiger partial charge < -0.3 is 14.2 Å². The third-order valence-electron chi connectivity index (χ3n) is 3.90. The molecule has 1 aromatic carbocycles. The number of methoxy groups -OCH3 is 2. The van der Waals surface area contributed by atoms with E-state index in [4.69, 9.17) is 14.2 Å². The fraction of sp³-hybridized carbons (Fsp3) is 0.238. The minimum Gasteiger partial charge on any atom is -0.503 e. The molecule has 0 bridgehead atoms. The normalized spacial score (nSPS) is 13.4. The first-order chi connectivity index (χ1) is 12.9. The quantitative estimate of drug-likeness (QED) is 0.289. The maximum atomic E-state index is 14.8. The van der Waals surface area contributed by atoms with Gasteiger partial charge in [-0.05, 0) is 24.6 Å². The van der Waals surface area contributed by atoms with E-state index in [1.165, 1.54) is 45.7 Å². The van der Waals surface area contributed by atoms with Gasteiger partial charge in [0.05, 0.1) is 20.5 Å². The summed E-state index contributed by atoms with van der Waals surface area (Å²) in [5, 5.41) is 0. The largest absolute Gasteiger partial charge is 0.503 e. The van der Waals surface area contributed by atoms with Crippen molar-refractivity contribution in [3.05, 3.63) is 72.6 Å². The lowest BCUT2D eigenvalue weighted by Gasteiger charge is -2.19. The van der Waals surface area contributed by atoms with E-state index in [0.29, 0.717) is 16.9 Å². The molecule has 5 nitrogen and oxygen atoms in total. The zero-order chi connectivity index (χ0) is 19.9. The molecule has 0 radical (unpaired) electrons. The fourth-order valence-corrected chi connectivity index (χ4v) is 2.52. The molecule has 0 saturated carbocycles. The first-order valence-corrected chi connectivity index (χ1v) is 8.27. The molecule has 0 N–H and O–H groups in total. The number of rotatable bonds is 8. The maximum Gasteiger partial charge on any atom is 0.341 e. The number of carbonyl (C=O) groups is 1. The van der Waals surface area contributed by atoms with E-state index >= 15 is 0 Å². The Bertz CT molecular complexity index is 846. The summed E-state index contributed by atoms with van der Waals surface area (Å²) in [7, 11) is 2.71. The van der Waals surface area contributed by atoms with Gasteiger partial charge in [-0.25, -0.2) is 14.2 Å². The van der Waals surface area contributed by atoms with Crippen LogP contribution >= 0.6 is 0 Å². The number of nitrogens with zero attached hydrogens (tertiary/aromatic N) is 1. The highest BCUT2D eigenvalue weighted by Gasteiger charge is 2.25. The average Bonchev–Trinajstić information content (AvgIpc) is 2.66. The van der Waals surface area contributed by atoms with Gasteiger partial charge in [0.1, 0.15) is 17.0 Å². The Balaban J connectivity index is 2.41. The molecule has 2 rings (SSSR count). The van der Waals surface area contributed by atoms with Crippen molar-refractivity contribution in [1.82, 2.24) is 4.98 Å². The number of carbonyl (C=O) groups excluding carboxylic acids is 1. The Morgan fingerprint density at radius 2 is 2.04 bits per heavy atom. The SMILES string of the molecule is C=CCC(C)(F)c1ccnc(Oc2ccccc2/C(=C\OC)C(=O)OC)c1. The van der Waals surface area contributed by atoms with Crippen LogP contribution in [-0.2, 0) is 19.9 Å². The Hall–Kier alpha value is -3.15. The average molecular weight is 371 g/mol.